The van der Waals surface area contributed by atoms with Crippen LogP contribution in [0.25, 0.3) is 32.7 Å². The Hall–Kier alpha value is -5.14. The van der Waals surface area contributed by atoms with E-state index < -0.39 is 15.8 Å². The van der Waals surface area contributed by atoms with Gasteiger partial charge in [-0.2, -0.15) is 0 Å². The molecule has 0 N–H and O–H groups in total. The van der Waals surface area contributed by atoms with E-state index in [1.165, 1.54) is 24.3 Å². The zero-order chi connectivity index (χ0) is 35.6. The monoisotopic (exact) mass is 722 g/mol. The van der Waals surface area contributed by atoms with E-state index in [0.717, 1.165) is 65.0 Å². The van der Waals surface area contributed by atoms with Crippen molar-refractivity contribution >= 4 is 58.6 Å². The zero-order valence-corrected chi connectivity index (χ0v) is 29.8. The lowest BCUT2D eigenvalue weighted by molar-refractivity contribution is 0.628. The van der Waals surface area contributed by atoms with Gasteiger partial charge in [-0.05, 0) is 129 Å². The molecule has 0 nitrogen and oxygen atoms in total. The second-order valence-electron chi connectivity index (χ2n) is 12.7. The van der Waals surface area contributed by atoms with Crippen LogP contribution in [0.4, 0.5) is 17.6 Å². The molecule has 8 aromatic carbocycles. The van der Waals surface area contributed by atoms with Gasteiger partial charge in [0, 0.05) is 12.3 Å². The number of hydrogen-bond acceptors (Lipinski definition) is 0. The van der Waals surface area contributed by atoms with Gasteiger partial charge in [-0.3, -0.25) is 0 Å². The van der Waals surface area contributed by atoms with Crippen molar-refractivity contribution in [3.05, 3.63) is 204 Å². The Morgan fingerprint density at radius 3 is 0.981 bits per heavy atom. The van der Waals surface area contributed by atoms with Crippen molar-refractivity contribution in [2.45, 2.75) is 12.3 Å². The largest absolute Gasteiger partial charge is 0.207 e. The lowest BCUT2D eigenvalue weighted by Gasteiger charge is -2.25. The number of benzene rings is 8. The fourth-order valence-corrected chi connectivity index (χ4v) is 11.8. The molecule has 6 heteroatoms. The Morgan fingerprint density at radius 1 is 0.327 bits per heavy atom. The first kappa shape index (κ1) is 34.0. The highest BCUT2D eigenvalue weighted by atomic mass is 31.1. The van der Waals surface area contributed by atoms with Crippen LogP contribution in [0.2, 0.25) is 0 Å². The van der Waals surface area contributed by atoms with E-state index in [0.29, 0.717) is 12.3 Å². The van der Waals surface area contributed by atoms with Crippen molar-refractivity contribution in [2.75, 3.05) is 0 Å². The van der Waals surface area contributed by atoms with Crippen molar-refractivity contribution in [2.24, 2.45) is 0 Å². The zero-order valence-electron chi connectivity index (χ0n) is 28.0. The fourth-order valence-electron chi connectivity index (χ4n) is 7.07. The van der Waals surface area contributed by atoms with Gasteiger partial charge in [0.1, 0.15) is 23.3 Å². The molecule has 0 heterocycles. The number of rotatable bonds is 9. The maximum absolute atomic E-state index is 14.8. The molecule has 0 radical (unpaired) electrons. The molecule has 0 aliphatic carbocycles. The molecular weight excluding hydrogens is 690 g/mol. The van der Waals surface area contributed by atoms with Crippen molar-refractivity contribution in [1.29, 1.82) is 0 Å². The molecule has 0 saturated heterocycles. The fraction of sp³-hybridized carbons (Fsp3) is 0.0435. The third-order valence-electron chi connectivity index (χ3n) is 9.42. The first-order valence-corrected chi connectivity index (χ1v) is 20.1. The van der Waals surface area contributed by atoms with Crippen LogP contribution in [0.15, 0.2) is 170 Å². The minimum Gasteiger partial charge on any atom is -0.207 e. The van der Waals surface area contributed by atoms with Gasteiger partial charge in [-0.25, -0.2) is 17.6 Å². The lowest BCUT2D eigenvalue weighted by atomic mass is 9.88. The van der Waals surface area contributed by atoms with Gasteiger partial charge >= 0.3 is 0 Å². The Balaban J connectivity index is 1.38. The van der Waals surface area contributed by atoms with Gasteiger partial charge in [-0.15, -0.1) is 0 Å². The summed E-state index contributed by atoms with van der Waals surface area (Å²) in [6.07, 6.45) is 1.07. The quantitative estimate of drug-likeness (QED) is 0.103. The molecule has 0 fully saturated rings. The van der Waals surface area contributed by atoms with E-state index in [9.17, 15) is 17.6 Å². The number of fused-ring (bicyclic) bond motifs is 2. The van der Waals surface area contributed by atoms with Gasteiger partial charge in [0.2, 0.25) is 0 Å². The number of hydrogen-bond donors (Lipinski definition) is 0. The van der Waals surface area contributed by atoms with Crippen LogP contribution in [0.1, 0.15) is 11.1 Å². The standard InChI is InChI=1S/C46H32F4P2/c47-35-11-5-15-39(25-35)51(40-16-6-12-36(48)26-40)29-33-23-21-31-9-1-3-19-43(31)45(33)46-34(24-22-32-10-2-4-20-44(32)46)30-52(41-17-7-13-37(49)27-41)42-18-8-14-38(50)28-42/h1-28H,29-30H2. The summed E-state index contributed by atoms with van der Waals surface area (Å²) in [7, 11) is -2.46. The number of halogens is 4. The Morgan fingerprint density at radius 2 is 0.654 bits per heavy atom. The van der Waals surface area contributed by atoms with Crippen LogP contribution in [-0.2, 0) is 12.3 Å². The van der Waals surface area contributed by atoms with Crippen molar-refractivity contribution < 1.29 is 17.6 Å². The summed E-state index contributed by atoms with van der Waals surface area (Å²) in [4.78, 5) is 0. The Bertz CT molecular complexity index is 2300. The van der Waals surface area contributed by atoms with Gasteiger partial charge in [-0.1, -0.05) is 121 Å². The highest BCUT2D eigenvalue weighted by Crippen LogP contribution is 2.48. The highest BCUT2D eigenvalue weighted by molar-refractivity contribution is 7.72. The normalized spacial score (nSPS) is 11.6. The maximum Gasteiger partial charge on any atom is 0.123 e. The maximum atomic E-state index is 14.8. The molecule has 0 saturated carbocycles. The lowest BCUT2D eigenvalue weighted by Crippen LogP contribution is -2.15. The Kier molecular flexibility index (Phi) is 9.70. The minimum atomic E-state index is -1.23. The summed E-state index contributed by atoms with van der Waals surface area (Å²) < 4.78 is 59.1. The van der Waals surface area contributed by atoms with Crippen LogP contribution >= 0.6 is 15.8 Å². The van der Waals surface area contributed by atoms with Crippen LogP contribution < -0.4 is 21.2 Å². The smallest absolute Gasteiger partial charge is 0.123 e. The second-order valence-corrected chi connectivity index (χ2v) is 17.1. The molecule has 0 aliphatic rings. The molecule has 0 amide bonds. The van der Waals surface area contributed by atoms with Crippen molar-refractivity contribution in [1.82, 2.24) is 0 Å². The van der Waals surface area contributed by atoms with Gasteiger partial charge in [0.05, 0.1) is 0 Å². The summed E-state index contributed by atoms with van der Waals surface area (Å²) in [6.45, 7) is 0. The Labute approximate surface area is 302 Å². The first-order valence-electron chi connectivity index (χ1n) is 17.0. The molecule has 0 aliphatic heterocycles. The molecule has 0 spiro atoms. The molecular formula is C46H32F4P2. The SMILES string of the molecule is Fc1cccc(P(Cc2ccc3ccccc3c2-c2c(CP(c3cccc(F)c3)c3cccc(F)c3)ccc3ccccc23)c2cccc(F)c2)c1. The second kappa shape index (κ2) is 14.8. The van der Waals surface area contributed by atoms with E-state index in [-0.39, 0.29) is 23.3 Å². The van der Waals surface area contributed by atoms with Crippen molar-refractivity contribution in [3.63, 3.8) is 0 Å². The van der Waals surface area contributed by atoms with E-state index in [2.05, 4.69) is 48.5 Å². The van der Waals surface area contributed by atoms with E-state index in [1.807, 2.05) is 48.5 Å². The summed E-state index contributed by atoms with van der Waals surface area (Å²) in [5.41, 5.74) is 4.21. The van der Waals surface area contributed by atoms with Crippen LogP contribution in [0.5, 0.6) is 0 Å². The van der Waals surface area contributed by atoms with E-state index >= 15 is 0 Å². The molecule has 0 aromatic heterocycles. The van der Waals surface area contributed by atoms with Gasteiger partial charge in [0.25, 0.3) is 0 Å². The van der Waals surface area contributed by atoms with Crippen molar-refractivity contribution in [3.8, 4) is 11.1 Å². The average molecular weight is 723 g/mol. The average Bonchev–Trinajstić information content (AvgIpc) is 3.16. The summed E-state index contributed by atoms with van der Waals surface area (Å²) in [5, 5.41) is 7.53. The third kappa shape index (κ3) is 7.02. The van der Waals surface area contributed by atoms with Crippen LogP contribution in [0.3, 0.4) is 0 Å². The molecule has 0 atom stereocenters. The summed E-state index contributed by atoms with van der Waals surface area (Å²) in [6, 6.07) is 51.7. The minimum absolute atomic E-state index is 0.334. The topological polar surface area (TPSA) is 0 Å². The van der Waals surface area contributed by atoms with Crippen LogP contribution in [0, 0.1) is 23.3 Å². The molecule has 0 unspecified atom stereocenters. The predicted molar refractivity (Wildman–Crippen MR) is 212 cm³/mol. The molecule has 52 heavy (non-hydrogen) atoms. The molecule has 8 aromatic rings. The molecule has 8 rings (SSSR count). The molecule has 0 bridgehead atoms. The van der Waals surface area contributed by atoms with Crippen LogP contribution in [-0.4, -0.2) is 0 Å². The highest BCUT2D eigenvalue weighted by Gasteiger charge is 2.24. The van der Waals surface area contributed by atoms with Gasteiger partial charge < -0.3 is 0 Å². The van der Waals surface area contributed by atoms with E-state index in [1.54, 1.807) is 48.5 Å². The molecule has 254 valence electrons. The van der Waals surface area contributed by atoms with E-state index in [4.69, 9.17) is 0 Å². The van der Waals surface area contributed by atoms with Gasteiger partial charge in [0.15, 0.2) is 0 Å². The third-order valence-corrected chi connectivity index (χ3v) is 14.3. The summed E-state index contributed by atoms with van der Waals surface area (Å²) >= 11 is 0. The predicted octanol–water partition coefficient (Wildman–Crippen LogP) is 11.5. The first-order chi connectivity index (χ1) is 25.4. The summed E-state index contributed by atoms with van der Waals surface area (Å²) in [5.74, 6) is -1.34.